The lowest BCUT2D eigenvalue weighted by Crippen LogP contribution is -2.48. The second-order valence-corrected chi connectivity index (χ2v) is 7.62. The quantitative estimate of drug-likeness (QED) is 0.657. The lowest BCUT2D eigenvalue weighted by atomic mass is 9.78. The average Bonchev–Trinajstić information content (AvgIpc) is 2.68. The summed E-state index contributed by atoms with van der Waals surface area (Å²) >= 11 is 0. The van der Waals surface area contributed by atoms with Crippen LogP contribution in [-0.2, 0) is 14.3 Å². The lowest BCUT2D eigenvalue weighted by molar-refractivity contribution is -0.147. The predicted molar refractivity (Wildman–Crippen MR) is 109 cm³/mol. The number of hydrogen-bond acceptors (Lipinski definition) is 5. The fraction of sp³-hybridized carbons (Fsp3) is 0.636. The minimum atomic E-state index is -0.816. The SMILES string of the molecule is CCO[C@@]1(C(=O)Nc2ccc(O[C@H](C)CC)c(C(=O)OC)c2)CCC[C@@H](C)C1. The van der Waals surface area contributed by atoms with E-state index in [2.05, 4.69) is 12.2 Å². The summed E-state index contributed by atoms with van der Waals surface area (Å²) in [5.74, 6) is 0.223. The summed E-state index contributed by atoms with van der Waals surface area (Å²) in [7, 11) is 1.33. The molecule has 0 spiro atoms. The first-order valence-electron chi connectivity index (χ1n) is 10.2. The molecule has 0 bridgehead atoms. The van der Waals surface area contributed by atoms with Gasteiger partial charge in [-0.3, -0.25) is 4.79 Å². The summed E-state index contributed by atoms with van der Waals surface area (Å²) in [6, 6.07) is 5.05. The molecule has 0 aliphatic heterocycles. The molecule has 0 saturated heterocycles. The van der Waals surface area contributed by atoms with Gasteiger partial charge < -0.3 is 19.5 Å². The number of ether oxygens (including phenoxy) is 3. The Bertz CT molecular complexity index is 686. The molecule has 1 amide bonds. The van der Waals surface area contributed by atoms with Crippen molar-refractivity contribution in [2.45, 2.75) is 71.5 Å². The molecule has 3 atom stereocenters. The first-order valence-corrected chi connectivity index (χ1v) is 10.2. The first-order chi connectivity index (χ1) is 13.3. The number of rotatable bonds is 8. The fourth-order valence-electron chi connectivity index (χ4n) is 3.71. The molecule has 156 valence electrons. The highest BCUT2D eigenvalue weighted by atomic mass is 16.5. The van der Waals surface area contributed by atoms with Gasteiger partial charge in [-0.15, -0.1) is 0 Å². The van der Waals surface area contributed by atoms with Crippen molar-refractivity contribution >= 4 is 17.6 Å². The number of methoxy groups -OCH3 is 1. The number of hydrogen-bond donors (Lipinski definition) is 1. The molecule has 2 rings (SSSR count). The maximum atomic E-state index is 13.1. The van der Waals surface area contributed by atoms with Crippen LogP contribution in [0.2, 0.25) is 0 Å². The second-order valence-electron chi connectivity index (χ2n) is 7.62. The predicted octanol–water partition coefficient (Wildman–Crippen LogP) is 4.57. The minimum absolute atomic E-state index is 0.0335. The van der Waals surface area contributed by atoms with Crippen LogP contribution in [0.1, 0.15) is 70.2 Å². The maximum absolute atomic E-state index is 13.1. The van der Waals surface area contributed by atoms with E-state index >= 15 is 0 Å². The Morgan fingerprint density at radius 1 is 1.32 bits per heavy atom. The average molecular weight is 392 g/mol. The van der Waals surface area contributed by atoms with Crippen LogP contribution in [0.15, 0.2) is 18.2 Å². The van der Waals surface area contributed by atoms with E-state index in [1.165, 1.54) is 7.11 Å². The summed E-state index contributed by atoms with van der Waals surface area (Å²) in [6.07, 6.45) is 4.25. The van der Waals surface area contributed by atoms with Crippen LogP contribution in [0.4, 0.5) is 5.69 Å². The normalized spacial score (nSPS) is 23.0. The van der Waals surface area contributed by atoms with Crippen LogP contribution in [0, 0.1) is 5.92 Å². The van der Waals surface area contributed by atoms with Gasteiger partial charge in [-0.2, -0.15) is 0 Å². The van der Waals surface area contributed by atoms with E-state index in [0.29, 0.717) is 42.4 Å². The van der Waals surface area contributed by atoms with Crippen LogP contribution >= 0.6 is 0 Å². The third-order valence-corrected chi connectivity index (χ3v) is 5.34. The van der Waals surface area contributed by atoms with Crippen LogP contribution in [0.25, 0.3) is 0 Å². The van der Waals surface area contributed by atoms with E-state index in [0.717, 1.165) is 19.3 Å². The largest absolute Gasteiger partial charge is 0.490 e. The molecule has 1 aromatic carbocycles. The highest BCUT2D eigenvalue weighted by molar-refractivity contribution is 5.99. The Labute approximate surface area is 167 Å². The zero-order valence-electron chi connectivity index (χ0n) is 17.7. The molecule has 1 aromatic rings. The molecule has 1 aliphatic rings. The molecule has 0 unspecified atom stereocenters. The molecule has 1 N–H and O–H groups in total. The van der Waals surface area contributed by atoms with Gasteiger partial charge in [-0.1, -0.05) is 20.3 Å². The van der Waals surface area contributed by atoms with Crippen molar-refractivity contribution in [1.29, 1.82) is 0 Å². The number of carbonyl (C=O) groups is 2. The summed E-state index contributed by atoms with van der Waals surface area (Å²) in [5.41, 5.74) is 0.00582. The van der Waals surface area contributed by atoms with Crippen molar-refractivity contribution < 1.29 is 23.8 Å². The van der Waals surface area contributed by atoms with Crippen molar-refractivity contribution in [1.82, 2.24) is 0 Å². The number of nitrogens with one attached hydrogen (secondary N) is 1. The number of anilines is 1. The second kappa shape index (κ2) is 9.92. The summed E-state index contributed by atoms with van der Waals surface area (Å²) in [6.45, 7) is 8.48. The first kappa shape index (κ1) is 22.2. The minimum Gasteiger partial charge on any atom is -0.490 e. The summed E-state index contributed by atoms with van der Waals surface area (Å²) in [4.78, 5) is 25.3. The highest BCUT2D eigenvalue weighted by Gasteiger charge is 2.42. The summed E-state index contributed by atoms with van der Waals surface area (Å²) in [5, 5.41) is 2.94. The van der Waals surface area contributed by atoms with Gasteiger partial charge in [-0.05, 0) is 63.6 Å². The molecule has 0 radical (unpaired) electrons. The number of carbonyl (C=O) groups excluding carboxylic acids is 2. The van der Waals surface area contributed by atoms with Crippen LogP contribution < -0.4 is 10.1 Å². The molecule has 1 fully saturated rings. The van der Waals surface area contributed by atoms with Gasteiger partial charge in [0, 0.05) is 12.3 Å². The molecular formula is C22H33NO5. The molecule has 1 saturated carbocycles. The van der Waals surface area contributed by atoms with Gasteiger partial charge in [-0.25, -0.2) is 4.79 Å². The van der Waals surface area contributed by atoms with E-state index in [9.17, 15) is 9.59 Å². The van der Waals surface area contributed by atoms with E-state index in [-0.39, 0.29) is 12.0 Å². The van der Waals surface area contributed by atoms with Crippen molar-refractivity contribution in [3.05, 3.63) is 23.8 Å². The van der Waals surface area contributed by atoms with Crippen molar-refractivity contribution in [3.8, 4) is 5.75 Å². The van der Waals surface area contributed by atoms with E-state index in [1.54, 1.807) is 18.2 Å². The monoisotopic (exact) mass is 391 g/mol. The molecular weight excluding hydrogens is 358 g/mol. The van der Waals surface area contributed by atoms with Crippen molar-refractivity contribution in [2.75, 3.05) is 19.0 Å². The van der Waals surface area contributed by atoms with E-state index in [4.69, 9.17) is 14.2 Å². The Balaban J connectivity index is 2.26. The third-order valence-electron chi connectivity index (χ3n) is 5.34. The van der Waals surface area contributed by atoms with Crippen molar-refractivity contribution in [3.63, 3.8) is 0 Å². The molecule has 28 heavy (non-hydrogen) atoms. The Kier molecular flexibility index (Phi) is 7.87. The topological polar surface area (TPSA) is 73.9 Å². The Morgan fingerprint density at radius 3 is 2.68 bits per heavy atom. The Hall–Kier alpha value is -2.08. The standard InChI is InChI=1S/C22H33NO5/c1-6-16(4)28-19-11-10-17(13-18(19)20(24)26-5)23-21(25)22(27-7-2)12-8-9-15(3)14-22/h10-11,13,15-16H,6-9,12,14H2,1-5H3,(H,23,25)/t15-,16-,22+/m1/s1. The van der Waals surface area contributed by atoms with Gasteiger partial charge in [0.15, 0.2) is 0 Å². The van der Waals surface area contributed by atoms with E-state index in [1.807, 2.05) is 20.8 Å². The number of esters is 1. The molecule has 1 aliphatic carbocycles. The highest BCUT2D eigenvalue weighted by Crippen LogP contribution is 2.36. The van der Waals surface area contributed by atoms with Gasteiger partial charge in [0.05, 0.1) is 13.2 Å². The van der Waals surface area contributed by atoms with Gasteiger partial charge in [0.2, 0.25) is 0 Å². The maximum Gasteiger partial charge on any atom is 0.341 e. The van der Waals surface area contributed by atoms with Crippen molar-refractivity contribution in [2.24, 2.45) is 5.92 Å². The molecule has 0 aromatic heterocycles. The smallest absolute Gasteiger partial charge is 0.341 e. The third kappa shape index (κ3) is 5.25. The van der Waals surface area contributed by atoms with Crippen LogP contribution in [0.3, 0.4) is 0 Å². The Morgan fingerprint density at radius 2 is 2.07 bits per heavy atom. The zero-order valence-corrected chi connectivity index (χ0v) is 17.7. The van der Waals surface area contributed by atoms with Gasteiger partial charge >= 0.3 is 5.97 Å². The number of amides is 1. The van der Waals surface area contributed by atoms with Crippen LogP contribution in [0.5, 0.6) is 5.75 Å². The van der Waals surface area contributed by atoms with Gasteiger partial charge in [0.25, 0.3) is 5.91 Å². The molecule has 6 heteroatoms. The summed E-state index contributed by atoms with van der Waals surface area (Å²) < 4.78 is 16.6. The van der Waals surface area contributed by atoms with Crippen LogP contribution in [-0.4, -0.2) is 37.3 Å². The molecule has 0 heterocycles. The van der Waals surface area contributed by atoms with Gasteiger partial charge in [0.1, 0.15) is 16.9 Å². The number of benzene rings is 1. The zero-order chi connectivity index (χ0) is 20.7. The lowest BCUT2D eigenvalue weighted by Gasteiger charge is -2.38. The fourth-order valence-corrected chi connectivity index (χ4v) is 3.71. The molecule has 6 nitrogen and oxygen atoms in total. The van der Waals surface area contributed by atoms with E-state index < -0.39 is 11.6 Å².